The van der Waals surface area contributed by atoms with Gasteiger partial charge in [-0.3, -0.25) is 0 Å². The summed E-state index contributed by atoms with van der Waals surface area (Å²) in [5.74, 6) is 2.01. The number of imidazole rings is 1. The van der Waals surface area contributed by atoms with Crippen LogP contribution in [-0.4, -0.2) is 23.3 Å². The van der Waals surface area contributed by atoms with Gasteiger partial charge in [-0.15, -0.1) is 24.3 Å². The van der Waals surface area contributed by atoms with Gasteiger partial charge in [-0.05, 0) is 52.8 Å². The van der Waals surface area contributed by atoms with Gasteiger partial charge in [0.2, 0.25) is 6.33 Å². The van der Waals surface area contributed by atoms with Crippen LogP contribution in [0.5, 0.6) is 11.5 Å². The quantitative estimate of drug-likeness (QED) is 0.128. The number of aromatic nitrogens is 6. The van der Waals surface area contributed by atoms with Crippen molar-refractivity contribution in [2.24, 2.45) is 14.1 Å². The zero-order chi connectivity index (χ0) is 38.6. The van der Waals surface area contributed by atoms with E-state index < -0.39 is 0 Å². The van der Waals surface area contributed by atoms with E-state index in [2.05, 4.69) is 157 Å². The van der Waals surface area contributed by atoms with E-state index in [1.54, 1.807) is 0 Å². The predicted octanol–water partition coefficient (Wildman–Crippen LogP) is 11.0. The van der Waals surface area contributed by atoms with Gasteiger partial charge in [-0.2, -0.15) is 18.2 Å². The van der Waals surface area contributed by atoms with Crippen LogP contribution in [0.1, 0.15) is 26.3 Å². The van der Waals surface area contributed by atoms with E-state index in [4.69, 9.17) is 9.72 Å². The van der Waals surface area contributed by atoms with Gasteiger partial charge in [-0.1, -0.05) is 92.0 Å². The Kier molecular flexibility index (Phi) is 8.26. The van der Waals surface area contributed by atoms with Crippen LogP contribution in [0.2, 0.25) is 0 Å². The largest absolute Gasteiger partial charge is 0.510 e. The van der Waals surface area contributed by atoms with Gasteiger partial charge in [-0.25, -0.2) is 4.98 Å². The standard InChI is InChI=1S/C50H38N6O.Pt/c1-50(2,3)32-24-25-51-43(28-32)56-42-30-36(57-35-17-13-16-34(29-35)54-27-26-52(4)31-54)22-23-39(42)45-47-44(37-18-9-11-20-40(37)53(47)5)48-46(49(45)56)38-19-10-12-21-41(38)55(48)33-14-7-6-8-15-33;/h6-28H,1-5H3;/q-2;. The van der Waals surface area contributed by atoms with E-state index >= 15 is 0 Å². The second-order valence-electron chi connectivity index (χ2n) is 15.9. The van der Waals surface area contributed by atoms with Crippen LogP contribution in [0.25, 0.3) is 82.6 Å². The number of ether oxygens (including phenoxy) is 1. The Morgan fingerprint density at radius 2 is 1.31 bits per heavy atom. The summed E-state index contributed by atoms with van der Waals surface area (Å²) in [5, 5.41) is 6.99. The molecule has 0 atom stereocenters. The molecule has 0 aliphatic heterocycles. The first-order valence-electron chi connectivity index (χ1n) is 19.3. The van der Waals surface area contributed by atoms with Crippen molar-refractivity contribution in [1.82, 2.24) is 23.3 Å². The predicted molar refractivity (Wildman–Crippen MR) is 229 cm³/mol. The third-order valence-corrected chi connectivity index (χ3v) is 11.3. The van der Waals surface area contributed by atoms with Crippen LogP contribution in [0.15, 0.2) is 140 Å². The maximum atomic E-state index is 6.61. The number of rotatable bonds is 5. The number of nitrogens with zero attached hydrogens (tertiary/aromatic N) is 6. The van der Waals surface area contributed by atoms with Crippen LogP contribution >= 0.6 is 0 Å². The zero-order valence-corrected chi connectivity index (χ0v) is 35.0. The van der Waals surface area contributed by atoms with Gasteiger partial charge in [0.05, 0.1) is 23.6 Å². The maximum absolute atomic E-state index is 6.61. The molecule has 0 saturated carbocycles. The first kappa shape index (κ1) is 35.9. The molecular formula is C50H38N6OPt-2. The van der Waals surface area contributed by atoms with E-state index in [1.165, 1.54) is 32.6 Å². The van der Waals surface area contributed by atoms with Gasteiger partial charge < -0.3 is 27.6 Å². The molecule has 0 aliphatic rings. The van der Waals surface area contributed by atoms with Crippen molar-refractivity contribution < 1.29 is 30.4 Å². The average molecular weight is 934 g/mol. The fraction of sp³-hybridized carbons (Fsp3) is 0.120. The van der Waals surface area contributed by atoms with E-state index in [-0.39, 0.29) is 26.5 Å². The summed E-state index contributed by atoms with van der Waals surface area (Å²) in [5.41, 5.74) is 9.67. The number of hydrogen-bond donors (Lipinski definition) is 0. The number of pyridine rings is 1. The average Bonchev–Trinajstić information content (AvgIpc) is 3.98. The molecule has 0 aliphatic carbocycles. The Balaban J connectivity index is 0.00000408. The van der Waals surface area contributed by atoms with Crippen LogP contribution in [0.4, 0.5) is 0 Å². The number of benzene rings is 6. The minimum absolute atomic E-state index is 0. The number of hydrogen-bond acceptors (Lipinski definition) is 2. The smallest absolute Gasteiger partial charge is 0.241 e. The van der Waals surface area contributed by atoms with E-state index in [0.717, 1.165) is 55.5 Å². The molecule has 5 aromatic heterocycles. The summed E-state index contributed by atoms with van der Waals surface area (Å²) in [6, 6.07) is 50.0. The molecule has 0 amide bonds. The summed E-state index contributed by atoms with van der Waals surface area (Å²) in [7, 11) is 4.14. The molecule has 5 heterocycles. The molecule has 11 aromatic rings. The molecule has 11 rings (SSSR count). The Morgan fingerprint density at radius 1 is 0.638 bits per heavy atom. The second kappa shape index (κ2) is 13.3. The molecule has 0 saturated heterocycles. The fourth-order valence-electron chi connectivity index (χ4n) is 8.74. The van der Waals surface area contributed by atoms with Gasteiger partial charge in [0.25, 0.3) is 0 Å². The first-order chi connectivity index (χ1) is 27.7. The third kappa shape index (κ3) is 5.37. The van der Waals surface area contributed by atoms with Crippen molar-refractivity contribution >= 4 is 65.4 Å². The van der Waals surface area contributed by atoms with Gasteiger partial charge >= 0.3 is 0 Å². The van der Waals surface area contributed by atoms with Gasteiger partial charge in [0.1, 0.15) is 5.82 Å². The molecule has 0 radical (unpaired) electrons. The van der Waals surface area contributed by atoms with Crippen molar-refractivity contribution in [3.05, 3.63) is 164 Å². The molecule has 0 unspecified atom stereocenters. The molecule has 0 N–H and O–H groups in total. The summed E-state index contributed by atoms with van der Waals surface area (Å²) in [4.78, 5) is 5.13. The van der Waals surface area contributed by atoms with Crippen LogP contribution in [0, 0.1) is 18.5 Å². The van der Waals surface area contributed by atoms with Crippen molar-refractivity contribution in [1.29, 1.82) is 0 Å². The Hall–Kier alpha value is -6.43. The Bertz CT molecular complexity index is 3400. The zero-order valence-electron chi connectivity index (χ0n) is 32.7. The minimum atomic E-state index is -0.0920. The molecule has 8 heteroatoms. The van der Waals surface area contributed by atoms with Gasteiger partial charge in [0, 0.05) is 96.5 Å². The number of para-hydroxylation sites is 3. The van der Waals surface area contributed by atoms with Crippen molar-refractivity contribution in [3.8, 4) is 28.7 Å². The maximum Gasteiger partial charge on any atom is 0.241 e. The van der Waals surface area contributed by atoms with Crippen molar-refractivity contribution in [2.45, 2.75) is 26.2 Å². The van der Waals surface area contributed by atoms with Crippen molar-refractivity contribution in [2.75, 3.05) is 0 Å². The topological polar surface area (TPSA) is 45.7 Å². The first-order valence-corrected chi connectivity index (χ1v) is 19.3. The molecule has 7 nitrogen and oxygen atoms in total. The summed E-state index contributed by atoms with van der Waals surface area (Å²) in [6.07, 6.45) is 9.10. The Labute approximate surface area is 350 Å². The van der Waals surface area contributed by atoms with Crippen LogP contribution < -0.4 is 9.30 Å². The SMILES string of the molecule is Cn1[c-][n+](-c2[c-]c(Oc3[c-]c4c(cc3)c3c5c(c6ccccc6n5C)c5c(c6ccccc6n5-c5ccccc5)c3n4-c3cc(C(C)(C)C)ccn3)ccc2)cc1.[Pt]. The number of fused-ring (bicyclic) bond motifs is 12. The molecule has 286 valence electrons. The van der Waals surface area contributed by atoms with Crippen LogP contribution in [0.3, 0.4) is 0 Å². The van der Waals surface area contributed by atoms with Crippen molar-refractivity contribution in [3.63, 3.8) is 0 Å². The molecule has 58 heavy (non-hydrogen) atoms. The van der Waals surface area contributed by atoms with E-state index in [9.17, 15) is 0 Å². The molecule has 0 spiro atoms. The summed E-state index contributed by atoms with van der Waals surface area (Å²) in [6.45, 7) is 6.74. The number of aryl methyl sites for hydroxylation is 2. The van der Waals surface area contributed by atoms with Gasteiger partial charge in [0.15, 0.2) is 0 Å². The summed E-state index contributed by atoms with van der Waals surface area (Å²) >= 11 is 0. The normalized spacial score (nSPS) is 12.1. The molecule has 0 fully saturated rings. The fourth-order valence-corrected chi connectivity index (χ4v) is 8.74. The molecule has 6 aromatic carbocycles. The second-order valence-corrected chi connectivity index (χ2v) is 15.9. The van der Waals surface area contributed by atoms with Crippen LogP contribution in [-0.2, 0) is 40.6 Å². The third-order valence-electron chi connectivity index (χ3n) is 11.3. The Morgan fingerprint density at radius 3 is 2.07 bits per heavy atom. The monoisotopic (exact) mass is 933 g/mol. The van der Waals surface area contributed by atoms with E-state index in [1.807, 2.05) is 59.0 Å². The van der Waals surface area contributed by atoms with E-state index in [0.29, 0.717) is 11.5 Å². The molecular weight excluding hydrogens is 896 g/mol. The minimum Gasteiger partial charge on any atom is -0.510 e. The molecule has 0 bridgehead atoms. The summed E-state index contributed by atoms with van der Waals surface area (Å²) < 4.78 is 17.5.